The van der Waals surface area contributed by atoms with Gasteiger partial charge in [-0.15, -0.1) is 0 Å². The Morgan fingerprint density at radius 1 is 0.769 bits per heavy atom. The van der Waals surface area contributed by atoms with Gasteiger partial charge in [-0.2, -0.15) is 0 Å². The van der Waals surface area contributed by atoms with E-state index in [0.29, 0.717) is 11.1 Å². The average Bonchev–Trinajstić information content (AvgIpc) is 2.70. The van der Waals surface area contributed by atoms with E-state index in [-0.39, 0.29) is 11.7 Å². The molecule has 1 N–H and O–H groups in total. The normalized spacial score (nSPS) is 11.6. The number of ketones is 1. The molecular weight excluding hydrogens is 342 g/mol. The van der Waals surface area contributed by atoms with Gasteiger partial charge in [0.2, 0.25) is 0 Å². The Labute approximate surface area is 157 Å². The number of hydrogen-bond acceptors (Lipinski definition) is 3. The van der Waals surface area contributed by atoms with Crippen LogP contribution in [-0.4, -0.2) is 17.1 Å². The molecule has 0 saturated heterocycles. The molecular formula is C22H19NO2S. The van der Waals surface area contributed by atoms with E-state index in [1.165, 1.54) is 11.8 Å². The van der Waals surface area contributed by atoms with Crippen molar-refractivity contribution in [3.63, 3.8) is 0 Å². The molecule has 0 saturated carbocycles. The Hall–Kier alpha value is -2.85. The van der Waals surface area contributed by atoms with Crippen LogP contribution in [0.1, 0.15) is 26.3 Å². The first kappa shape index (κ1) is 18.0. The molecule has 0 fully saturated rings. The predicted molar refractivity (Wildman–Crippen MR) is 106 cm³/mol. The molecule has 0 heterocycles. The Morgan fingerprint density at radius 2 is 1.31 bits per heavy atom. The first-order valence-electron chi connectivity index (χ1n) is 8.32. The Bertz CT molecular complexity index is 877. The second-order valence-corrected chi connectivity index (χ2v) is 7.06. The summed E-state index contributed by atoms with van der Waals surface area (Å²) in [5.41, 5.74) is 2.25. The highest BCUT2D eigenvalue weighted by Crippen LogP contribution is 2.25. The zero-order chi connectivity index (χ0) is 18.4. The van der Waals surface area contributed by atoms with Crippen molar-refractivity contribution in [3.8, 4) is 0 Å². The third-order valence-electron chi connectivity index (χ3n) is 3.87. The third-order valence-corrected chi connectivity index (χ3v) is 4.98. The lowest BCUT2D eigenvalue weighted by molar-refractivity contribution is 0.0892. The summed E-state index contributed by atoms with van der Waals surface area (Å²) in [6.45, 7) is 2.01. The fourth-order valence-electron chi connectivity index (χ4n) is 2.45. The SMILES string of the molecule is Cc1ccc(S[C@@H](NC(=O)c2ccccc2)C(=O)c2ccccc2)cc1. The van der Waals surface area contributed by atoms with Gasteiger partial charge in [-0.1, -0.05) is 78.0 Å². The summed E-state index contributed by atoms with van der Waals surface area (Å²) >= 11 is 1.34. The van der Waals surface area contributed by atoms with Crippen molar-refractivity contribution >= 4 is 23.5 Å². The summed E-state index contributed by atoms with van der Waals surface area (Å²) in [7, 11) is 0. The standard InChI is InChI=1S/C22H19NO2S/c1-16-12-14-19(15-13-16)26-22(20(24)17-8-4-2-5-9-17)23-21(25)18-10-6-3-7-11-18/h2-15,22H,1H3,(H,23,25)/t22-/m1/s1. The predicted octanol–water partition coefficient (Wildman–Crippen LogP) is 4.73. The zero-order valence-electron chi connectivity index (χ0n) is 14.4. The van der Waals surface area contributed by atoms with Crippen LogP contribution in [0, 0.1) is 6.92 Å². The maximum atomic E-state index is 12.9. The maximum absolute atomic E-state index is 12.9. The van der Waals surface area contributed by atoms with Crippen LogP contribution in [0.2, 0.25) is 0 Å². The highest BCUT2D eigenvalue weighted by Gasteiger charge is 2.23. The third kappa shape index (κ3) is 4.61. The molecule has 3 aromatic rings. The number of thioether (sulfide) groups is 1. The van der Waals surface area contributed by atoms with E-state index < -0.39 is 5.37 Å². The van der Waals surface area contributed by atoms with E-state index in [9.17, 15) is 9.59 Å². The van der Waals surface area contributed by atoms with E-state index in [1.54, 1.807) is 36.4 Å². The first-order valence-corrected chi connectivity index (χ1v) is 9.20. The highest BCUT2D eigenvalue weighted by atomic mass is 32.2. The minimum absolute atomic E-state index is 0.125. The average molecular weight is 361 g/mol. The van der Waals surface area contributed by atoms with Crippen molar-refractivity contribution in [2.45, 2.75) is 17.2 Å². The van der Waals surface area contributed by atoms with Gasteiger partial charge in [0.1, 0.15) is 5.37 Å². The minimum Gasteiger partial charge on any atom is -0.333 e. The molecule has 0 bridgehead atoms. The lowest BCUT2D eigenvalue weighted by Crippen LogP contribution is -2.38. The van der Waals surface area contributed by atoms with Crippen LogP contribution in [0.3, 0.4) is 0 Å². The van der Waals surface area contributed by atoms with Crippen LogP contribution in [0.15, 0.2) is 89.8 Å². The minimum atomic E-state index is -0.701. The largest absolute Gasteiger partial charge is 0.333 e. The number of hydrogen-bond donors (Lipinski definition) is 1. The lowest BCUT2D eigenvalue weighted by Gasteiger charge is -2.18. The van der Waals surface area contributed by atoms with Gasteiger partial charge in [0.25, 0.3) is 5.91 Å². The molecule has 0 aliphatic rings. The number of Topliss-reactive ketones (excluding diaryl/α,β-unsaturated/α-hetero) is 1. The van der Waals surface area contributed by atoms with Gasteiger partial charge in [-0.05, 0) is 31.2 Å². The summed E-state index contributed by atoms with van der Waals surface area (Å²) in [6.07, 6.45) is 0. The number of carbonyl (C=O) groups excluding carboxylic acids is 2. The van der Waals surface area contributed by atoms with Crippen LogP contribution in [-0.2, 0) is 0 Å². The second-order valence-electron chi connectivity index (χ2n) is 5.88. The first-order chi connectivity index (χ1) is 12.6. The van der Waals surface area contributed by atoms with Crippen LogP contribution in [0.4, 0.5) is 0 Å². The van der Waals surface area contributed by atoms with Crippen LogP contribution in [0.5, 0.6) is 0 Å². The van der Waals surface area contributed by atoms with E-state index in [0.717, 1.165) is 10.5 Å². The van der Waals surface area contributed by atoms with Gasteiger partial charge in [0.05, 0.1) is 0 Å². The fraction of sp³-hybridized carbons (Fsp3) is 0.0909. The number of nitrogens with one attached hydrogen (secondary N) is 1. The molecule has 0 radical (unpaired) electrons. The monoisotopic (exact) mass is 361 g/mol. The van der Waals surface area contributed by atoms with Gasteiger partial charge in [-0.3, -0.25) is 9.59 Å². The fourth-order valence-corrected chi connectivity index (χ4v) is 3.42. The molecule has 1 amide bonds. The molecule has 0 aromatic heterocycles. The van der Waals surface area contributed by atoms with Gasteiger partial charge >= 0.3 is 0 Å². The summed E-state index contributed by atoms with van der Waals surface area (Å²) in [5.74, 6) is -0.389. The summed E-state index contributed by atoms with van der Waals surface area (Å²) in [6, 6.07) is 25.8. The molecule has 3 nitrogen and oxygen atoms in total. The molecule has 1 atom stereocenters. The number of benzene rings is 3. The van der Waals surface area contributed by atoms with Crippen molar-refractivity contribution in [1.29, 1.82) is 0 Å². The molecule has 0 aliphatic heterocycles. The molecule has 130 valence electrons. The van der Waals surface area contributed by atoms with Crippen LogP contribution >= 0.6 is 11.8 Å². The van der Waals surface area contributed by atoms with Gasteiger partial charge in [-0.25, -0.2) is 0 Å². The van der Waals surface area contributed by atoms with E-state index in [4.69, 9.17) is 0 Å². The maximum Gasteiger partial charge on any atom is 0.252 e. The summed E-state index contributed by atoms with van der Waals surface area (Å²) in [4.78, 5) is 26.4. The van der Waals surface area contributed by atoms with E-state index >= 15 is 0 Å². The van der Waals surface area contributed by atoms with E-state index in [2.05, 4.69) is 5.32 Å². The number of aryl methyl sites for hydroxylation is 1. The molecule has 3 aromatic carbocycles. The quantitative estimate of drug-likeness (QED) is 0.392. The zero-order valence-corrected chi connectivity index (χ0v) is 15.2. The molecule has 0 unspecified atom stereocenters. The number of rotatable bonds is 6. The van der Waals surface area contributed by atoms with Gasteiger partial charge < -0.3 is 5.32 Å². The van der Waals surface area contributed by atoms with Crippen LogP contribution < -0.4 is 5.32 Å². The molecule has 26 heavy (non-hydrogen) atoms. The van der Waals surface area contributed by atoms with Crippen molar-refractivity contribution in [2.75, 3.05) is 0 Å². The second kappa shape index (κ2) is 8.50. The van der Waals surface area contributed by atoms with Gasteiger partial charge in [0, 0.05) is 16.0 Å². The molecule has 0 aliphatic carbocycles. The number of carbonyl (C=O) groups is 2. The lowest BCUT2D eigenvalue weighted by atomic mass is 10.1. The van der Waals surface area contributed by atoms with Crippen molar-refractivity contribution in [3.05, 3.63) is 102 Å². The van der Waals surface area contributed by atoms with Crippen molar-refractivity contribution < 1.29 is 9.59 Å². The smallest absolute Gasteiger partial charge is 0.252 e. The Kier molecular flexibility index (Phi) is 5.87. The molecule has 0 spiro atoms. The Morgan fingerprint density at radius 3 is 1.88 bits per heavy atom. The summed E-state index contributed by atoms with van der Waals surface area (Å²) in [5, 5.41) is 2.17. The molecule has 4 heteroatoms. The Balaban J connectivity index is 1.84. The van der Waals surface area contributed by atoms with Crippen molar-refractivity contribution in [2.24, 2.45) is 0 Å². The molecule has 3 rings (SSSR count). The topological polar surface area (TPSA) is 46.2 Å². The van der Waals surface area contributed by atoms with Gasteiger partial charge in [0.15, 0.2) is 5.78 Å². The highest BCUT2D eigenvalue weighted by molar-refractivity contribution is 8.00. The summed E-state index contributed by atoms with van der Waals surface area (Å²) < 4.78 is 0. The van der Waals surface area contributed by atoms with Crippen LogP contribution in [0.25, 0.3) is 0 Å². The van der Waals surface area contributed by atoms with Crippen molar-refractivity contribution in [1.82, 2.24) is 5.32 Å². The van der Waals surface area contributed by atoms with E-state index in [1.807, 2.05) is 55.5 Å². The number of amides is 1.